The molecule has 0 radical (unpaired) electrons. The van der Waals surface area contributed by atoms with Crippen LogP contribution in [0.4, 0.5) is 0 Å². The minimum atomic E-state index is -0.0610. The van der Waals surface area contributed by atoms with Crippen molar-refractivity contribution in [3.63, 3.8) is 0 Å². The summed E-state index contributed by atoms with van der Waals surface area (Å²) in [6, 6.07) is 0.596. The summed E-state index contributed by atoms with van der Waals surface area (Å²) in [6.07, 6.45) is 6.21. The van der Waals surface area contributed by atoms with Crippen molar-refractivity contribution in [2.24, 2.45) is 5.92 Å². The first-order valence-corrected chi connectivity index (χ1v) is 7.71. The summed E-state index contributed by atoms with van der Waals surface area (Å²) in [5.74, 6) is 0.664. The average molecular weight is 270 g/mol. The number of hydrogen-bond donors (Lipinski definition) is 2. The molecule has 1 saturated carbocycles. The maximum Gasteiger partial charge on any atom is 0.0724 e. The number of aliphatic hydroxyl groups is 1. The van der Waals surface area contributed by atoms with Crippen LogP contribution in [0.1, 0.15) is 39.0 Å². The van der Waals surface area contributed by atoms with E-state index in [1.54, 1.807) is 0 Å². The number of likely N-dealkylation sites (N-methyl/N-ethyl adjacent to an activating group) is 1. The molecule has 4 unspecified atom stereocenters. The smallest absolute Gasteiger partial charge is 0.0724 e. The van der Waals surface area contributed by atoms with Crippen LogP contribution in [0.15, 0.2) is 0 Å². The Morgan fingerprint density at radius 1 is 1.42 bits per heavy atom. The molecule has 4 nitrogen and oxygen atoms in total. The second kappa shape index (κ2) is 6.53. The van der Waals surface area contributed by atoms with Gasteiger partial charge in [-0.25, -0.2) is 0 Å². The van der Waals surface area contributed by atoms with E-state index < -0.39 is 0 Å². The van der Waals surface area contributed by atoms with Crippen molar-refractivity contribution in [2.45, 2.75) is 56.7 Å². The van der Waals surface area contributed by atoms with Gasteiger partial charge in [-0.15, -0.1) is 0 Å². The third-order valence-electron chi connectivity index (χ3n) is 5.39. The zero-order chi connectivity index (χ0) is 13.9. The maximum absolute atomic E-state index is 9.69. The molecule has 2 aliphatic rings. The van der Waals surface area contributed by atoms with E-state index >= 15 is 0 Å². The Morgan fingerprint density at radius 3 is 2.84 bits per heavy atom. The number of ether oxygens (including phenoxy) is 1. The Kier molecular flexibility index (Phi) is 5.23. The van der Waals surface area contributed by atoms with Crippen molar-refractivity contribution in [2.75, 3.05) is 33.9 Å². The third kappa shape index (κ3) is 3.30. The predicted molar refractivity (Wildman–Crippen MR) is 77.3 cm³/mol. The molecule has 0 amide bonds. The normalized spacial score (nSPS) is 41.4. The van der Waals surface area contributed by atoms with Crippen molar-refractivity contribution in [3.8, 4) is 0 Å². The molecule has 2 rings (SSSR count). The first kappa shape index (κ1) is 15.2. The van der Waals surface area contributed by atoms with Gasteiger partial charge in [-0.05, 0) is 51.6 Å². The molecule has 0 aromatic carbocycles. The van der Waals surface area contributed by atoms with Crippen molar-refractivity contribution in [1.82, 2.24) is 10.2 Å². The van der Waals surface area contributed by atoms with Crippen LogP contribution in [0.2, 0.25) is 0 Å². The SMILES string of the molecule is CNC1(CO)CCCC(N2CCC(C)C(OC)C2)C1. The van der Waals surface area contributed by atoms with Gasteiger partial charge in [0.15, 0.2) is 0 Å². The number of hydrogen-bond acceptors (Lipinski definition) is 4. The Morgan fingerprint density at radius 2 is 2.21 bits per heavy atom. The highest BCUT2D eigenvalue weighted by molar-refractivity contribution is 4.97. The third-order valence-corrected chi connectivity index (χ3v) is 5.39. The fourth-order valence-corrected chi connectivity index (χ4v) is 3.79. The molecule has 0 aromatic rings. The highest BCUT2D eigenvalue weighted by atomic mass is 16.5. The van der Waals surface area contributed by atoms with E-state index in [2.05, 4.69) is 17.1 Å². The van der Waals surface area contributed by atoms with Crippen LogP contribution < -0.4 is 5.32 Å². The van der Waals surface area contributed by atoms with E-state index in [4.69, 9.17) is 4.74 Å². The lowest BCUT2D eigenvalue weighted by molar-refractivity contribution is -0.0342. The van der Waals surface area contributed by atoms with E-state index in [-0.39, 0.29) is 12.1 Å². The molecule has 0 bridgehead atoms. The van der Waals surface area contributed by atoms with E-state index in [0.29, 0.717) is 18.1 Å². The van der Waals surface area contributed by atoms with Gasteiger partial charge >= 0.3 is 0 Å². The number of nitrogens with zero attached hydrogens (tertiary/aromatic N) is 1. The quantitative estimate of drug-likeness (QED) is 0.807. The molecule has 1 saturated heterocycles. The van der Waals surface area contributed by atoms with Crippen molar-refractivity contribution < 1.29 is 9.84 Å². The molecule has 1 heterocycles. The predicted octanol–water partition coefficient (Wildman–Crippen LogP) is 1.24. The molecule has 2 N–H and O–H groups in total. The maximum atomic E-state index is 9.69. The van der Waals surface area contributed by atoms with E-state index in [0.717, 1.165) is 19.4 Å². The van der Waals surface area contributed by atoms with Crippen LogP contribution in [0.5, 0.6) is 0 Å². The zero-order valence-corrected chi connectivity index (χ0v) is 12.7. The van der Waals surface area contributed by atoms with Crippen LogP contribution in [-0.2, 0) is 4.74 Å². The van der Waals surface area contributed by atoms with Gasteiger partial charge in [-0.2, -0.15) is 0 Å². The Hall–Kier alpha value is -0.160. The van der Waals surface area contributed by atoms with Crippen LogP contribution in [0.3, 0.4) is 0 Å². The van der Waals surface area contributed by atoms with Gasteiger partial charge in [-0.3, -0.25) is 4.90 Å². The summed E-state index contributed by atoms with van der Waals surface area (Å²) < 4.78 is 5.62. The minimum absolute atomic E-state index is 0.0610. The van der Waals surface area contributed by atoms with Crippen LogP contribution in [0.25, 0.3) is 0 Å². The number of nitrogens with one attached hydrogen (secondary N) is 1. The minimum Gasteiger partial charge on any atom is -0.394 e. The summed E-state index contributed by atoms with van der Waals surface area (Å²) in [4.78, 5) is 2.59. The van der Waals surface area contributed by atoms with Gasteiger partial charge in [0, 0.05) is 25.2 Å². The highest BCUT2D eigenvalue weighted by Crippen LogP contribution is 2.33. The van der Waals surface area contributed by atoms with E-state index in [9.17, 15) is 5.11 Å². The monoisotopic (exact) mass is 270 g/mol. The van der Waals surface area contributed by atoms with Crippen LogP contribution in [0, 0.1) is 5.92 Å². The topological polar surface area (TPSA) is 44.7 Å². The molecular weight excluding hydrogens is 240 g/mol. The zero-order valence-electron chi connectivity index (χ0n) is 12.7. The van der Waals surface area contributed by atoms with Gasteiger partial charge < -0.3 is 15.2 Å². The lowest BCUT2D eigenvalue weighted by Crippen LogP contribution is -2.57. The molecule has 19 heavy (non-hydrogen) atoms. The number of methoxy groups -OCH3 is 1. The van der Waals surface area contributed by atoms with Crippen molar-refractivity contribution in [3.05, 3.63) is 0 Å². The molecule has 0 spiro atoms. The second-order valence-corrected chi connectivity index (χ2v) is 6.47. The molecule has 112 valence electrons. The standard InChI is InChI=1S/C15H30N2O2/c1-12-6-8-17(10-14(12)19-3)13-5-4-7-15(9-13,11-18)16-2/h12-14,16,18H,4-11H2,1-3H3. The lowest BCUT2D eigenvalue weighted by Gasteiger charge is -2.47. The van der Waals surface area contributed by atoms with E-state index in [1.165, 1.54) is 25.8 Å². The van der Waals surface area contributed by atoms with Gasteiger partial charge in [0.05, 0.1) is 12.7 Å². The van der Waals surface area contributed by atoms with Crippen LogP contribution in [-0.4, -0.2) is 61.5 Å². The molecule has 4 heteroatoms. The fraction of sp³-hybridized carbons (Fsp3) is 1.00. The first-order valence-electron chi connectivity index (χ1n) is 7.71. The van der Waals surface area contributed by atoms with Crippen LogP contribution >= 0.6 is 0 Å². The molecular formula is C15H30N2O2. The molecule has 4 atom stereocenters. The Bertz CT molecular complexity index is 281. The Balaban J connectivity index is 1.97. The van der Waals surface area contributed by atoms with Gasteiger partial charge in [0.2, 0.25) is 0 Å². The lowest BCUT2D eigenvalue weighted by atomic mass is 9.78. The summed E-state index contributed by atoms with van der Waals surface area (Å²) in [5.41, 5.74) is -0.0610. The molecule has 2 fully saturated rings. The number of aliphatic hydroxyl groups excluding tert-OH is 1. The average Bonchev–Trinajstić information content (AvgIpc) is 2.47. The van der Waals surface area contributed by atoms with Gasteiger partial charge in [0.25, 0.3) is 0 Å². The number of likely N-dealkylation sites (tertiary alicyclic amines) is 1. The summed E-state index contributed by atoms with van der Waals surface area (Å²) >= 11 is 0. The summed E-state index contributed by atoms with van der Waals surface area (Å²) in [5, 5.41) is 13.1. The fourth-order valence-electron chi connectivity index (χ4n) is 3.79. The van der Waals surface area contributed by atoms with Gasteiger partial charge in [0.1, 0.15) is 0 Å². The second-order valence-electron chi connectivity index (χ2n) is 6.47. The molecule has 0 aromatic heterocycles. The Labute approximate surface area is 117 Å². The van der Waals surface area contributed by atoms with Crippen molar-refractivity contribution in [1.29, 1.82) is 0 Å². The first-order chi connectivity index (χ1) is 9.14. The van der Waals surface area contributed by atoms with Crippen molar-refractivity contribution >= 4 is 0 Å². The number of rotatable bonds is 4. The highest BCUT2D eigenvalue weighted by Gasteiger charge is 2.38. The molecule has 1 aliphatic heterocycles. The van der Waals surface area contributed by atoms with Gasteiger partial charge in [-0.1, -0.05) is 6.92 Å². The van der Waals surface area contributed by atoms with E-state index in [1.807, 2.05) is 14.2 Å². The summed E-state index contributed by atoms with van der Waals surface area (Å²) in [7, 11) is 3.81. The summed E-state index contributed by atoms with van der Waals surface area (Å²) in [6.45, 7) is 4.76. The number of piperidine rings is 1. The molecule has 1 aliphatic carbocycles. The largest absolute Gasteiger partial charge is 0.394 e.